The lowest BCUT2D eigenvalue weighted by Crippen LogP contribution is -2.43. The maximum absolute atomic E-state index is 13.2. The number of ether oxygens (including phenoxy) is 1. The van der Waals surface area contributed by atoms with Gasteiger partial charge in [-0.2, -0.15) is 5.10 Å². The minimum absolute atomic E-state index is 0.0543. The first-order valence-corrected chi connectivity index (χ1v) is 10.4. The zero-order valence-corrected chi connectivity index (χ0v) is 17.5. The zero-order chi connectivity index (χ0) is 20.4. The van der Waals surface area contributed by atoms with Crippen molar-refractivity contribution in [2.75, 3.05) is 32.8 Å². The van der Waals surface area contributed by atoms with Gasteiger partial charge in [-0.15, -0.1) is 0 Å². The lowest BCUT2D eigenvalue weighted by molar-refractivity contribution is -0.135. The van der Waals surface area contributed by atoms with Crippen molar-refractivity contribution in [2.24, 2.45) is 5.10 Å². The van der Waals surface area contributed by atoms with Crippen molar-refractivity contribution in [2.45, 2.75) is 33.2 Å². The van der Waals surface area contributed by atoms with Gasteiger partial charge in [0, 0.05) is 19.5 Å². The van der Waals surface area contributed by atoms with Crippen LogP contribution in [0.25, 0.3) is 0 Å². The summed E-state index contributed by atoms with van der Waals surface area (Å²) in [6, 6.07) is 14.7. The first-order chi connectivity index (χ1) is 14.0. The molecule has 0 aliphatic carbocycles. The van der Waals surface area contributed by atoms with Gasteiger partial charge in [-0.1, -0.05) is 36.4 Å². The van der Waals surface area contributed by atoms with E-state index in [-0.39, 0.29) is 11.9 Å². The molecule has 1 saturated heterocycles. The Kier molecular flexibility index (Phi) is 5.79. The molecule has 5 nitrogen and oxygen atoms in total. The molecule has 2 aromatic rings. The number of nitrogens with zero attached hydrogens (tertiary/aromatic N) is 3. The van der Waals surface area contributed by atoms with Crippen LogP contribution in [0.5, 0.6) is 0 Å². The Morgan fingerprint density at radius 3 is 2.52 bits per heavy atom. The normalized spacial score (nSPS) is 20.0. The third-order valence-corrected chi connectivity index (χ3v) is 6.02. The molecule has 2 aliphatic rings. The van der Waals surface area contributed by atoms with Gasteiger partial charge in [-0.25, -0.2) is 5.01 Å². The lowest BCUT2D eigenvalue weighted by Gasteiger charge is -2.29. The summed E-state index contributed by atoms with van der Waals surface area (Å²) >= 11 is 0. The topological polar surface area (TPSA) is 45.1 Å². The van der Waals surface area contributed by atoms with Crippen molar-refractivity contribution in [3.05, 3.63) is 70.3 Å². The summed E-state index contributed by atoms with van der Waals surface area (Å²) in [5, 5.41) is 6.56. The smallest absolute Gasteiger partial charge is 0.257 e. The third kappa shape index (κ3) is 4.26. The lowest BCUT2D eigenvalue weighted by atomic mass is 9.94. The quantitative estimate of drug-likeness (QED) is 0.800. The maximum atomic E-state index is 13.2. The summed E-state index contributed by atoms with van der Waals surface area (Å²) in [5.41, 5.74) is 6.97. The van der Waals surface area contributed by atoms with E-state index in [9.17, 15) is 4.79 Å². The molecule has 0 spiro atoms. The van der Waals surface area contributed by atoms with Crippen LogP contribution >= 0.6 is 0 Å². The molecule has 4 rings (SSSR count). The number of hydrazone groups is 1. The molecule has 1 amide bonds. The fourth-order valence-electron chi connectivity index (χ4n) is 4.06. The Morgan fingerprint density at radius 1 is 1.03 bits per heavy atom. The van der Waals surface area contributed by atoms with Gasteiger partial charge in [0.1, 0.15) is 0 Å². The van der Waals surface area contributed by atoms with E-state index in [1.165, 1.54) is 22.3 Å². The molecule has 5 heteroatoms. The predicted molar refractivity (Wildman–Crippen MR) is 115 cm³/mol. The molecule has 0 saturated carbocycles. The molecule has 2 aliphatic heterocycles. The van der Waals surface area contributed by atoms with E-state index < -0.39 is 0 Å². The van der Waals surface area contributed by atoms with Gasteiger partial charge in [-0.05, 0) is 54.7 Å². The maximum Gasteiger partial charge on any atom is 0.257 e. The van der Waals surface area contributed by atoms with Crippen LogP contribution in [0, 0.1) is 20.8 Å². The highest BCUT2D eigenvalue weighted by molar-refractivity contribution is 6.03. The van der Waals surface area contributed by atoms with E-state index in [1.807, 2.05) is 12.1 Å². The fourth-order valence-corrected chi connectivity index (χ4v) is 4.06. The van der Waals surface area contributed by atoms with E-state index in [0.29, 0.717) is 19.8 Å². The Morgan fingerprint density at radius 2 is 1.79 bits per heavy atom. The van der Waals surface area contributed by atoms with Crippen molar-refractivity contribution in [3.63, 3.8) is 0 Å². The van der Waals surface area contributed by atoms with Gasteiger partial charge in [0.25, 0.3) is 5.91 Å². The summed E-state index contributed by atoms with van der Waals surface area (Å²) in [6.45, 7) is 9.68. The number of hydrogen-bond donors (Lipinski definition) is 0. The van der Waals surface area contributed by atoms with Gasteiger partial charge in [0.2, 0.25) is 0 Å². The number of amides is 1. The van der Waals surface area contributed by atoms with E-state index in [2.05, 4.69) is 56.0 Å². The molecule has 152 valence electrons. The van der Waals surface area contributed by atoms with Gasteiger partial charge >= 0.3 is 0 Å². The van der Waals surface area contributed by atoms with Gasteiger partial charge in [0.15, 0.2) is 0 Å². The van der Waals surface area contributed by atoms with Crippen molar-refractivity contribution < 1.29 is 9.53 Å². The Labute approximate surface area is 173 Å². The summed E-state index contributed by atoms with van der Waals surface area (Å²) < 4.78 is 5.41. The molecule has 0 bridgehead atoms. The first-order valence-electron chi connectivity index (χ1n) is 10.4. The number of aryl methyl sites for hydroxylation is 3. The molecule has 1 atom stereocenters. The summed E-state index contributed by atoms with van der Waals surface area (Å²) in [5.74, 6) is 0.0546. The van der Waals surface area contributed by atoms with Crippen molar-refractivity contribution in [3.8, 4) is 0 Å². The second-order valence-corrected chi connectivity index (χ2v) is 8.05. The van der Waals surface area contributed by atoms with E-state index in [1.54, 1.807) is 5.01 Å². The number of carbonyl (C=O) groups is 1. The van der Waals surface area contributed by atoms with Gasteiger partial charge < -0.3 is 4.74 Å². The van der Waals surface area contributed by atoms with E-state index in [0.717, 1.165) is 30.8 Å². The molecule has 2 aromatic carbocycles. The minimum Gasteiger partial charge on any atom is -0.379 e. The predicted octanol–water partition coefficient (Wildman–Crippen LogP) is 3.62. The van der Waals surface area contributed by atoms with E-state index in [4.69, 9.17) is 9.84 Å². The molecule has 1 unspecified atom stereocenters. The molecule has 1 fully saturated rings. The highest BCUT2D eigenvalue weighted by Crippen LogP contribution is 2.34. The average Bonchev–Trinajstić information content (AvgIpc) is 3.16. The van der Waals surface area contributed by atoms with Crippen LogP contribution in [0.3, 0.4) is 0 Å². The Balaban J connectivity index is 1.64. The highest BCUT2D eigenvalue weighted by Gasteiger charge is 2.34. The second-order valence-electron chi connectivity index (χ2n) is 8.05. The van der Waals surface area contributed by atoms with Crippen LogP contribution < -0.4 is 0 Å². The summed E-state index contributed by atoms with van der Waals surface area (Å²) in [4.78, 5) is 15.4. The highest BCUT2D eigenvalue weighted by atomic mass is 16.5. The Bertz CT molecular complexity index is 931. The van der Waals surface area contributed by atoms with Crippen LogP contribution in [0.4, 0.5) is 0 Å². The number of morpholine rings is 1. The number of hydrogen-bond acceptors (Lipinski definition) is 4. The molecule has 29 heavy (non-hydrogen) atoms. The number of rotatable bonds is 4. The summed E-state index contributed by atoms with van der Waals surface area (Å²) in [6.07, 6.45) is 0.738. The minimum atomic E-state index is -0.0543. The van der Waals surface area contributed by atoms with Crippen LogP contribution in [0.2, 0.25) is 0 Å². The molecular formula is C24H29N3O2. The number of benzene rings is 2. The molecule has 0 N–H and O–H groups in total. The molecule has 0 aromatic heterocycles. The Hall–Kier alpha value is -2.50. The molecular weight excluding hydrogens is 362 g/mol. The van der Waals surface area contributed by atoms with Gasteiger partial charge in [0.05, 0.1) is 31.5 Å². The largest absolute Gasteiger partial charge is 0.379 e. The van der Waals surface area contributed by atoms with Crippen LogP contribution in [0.15, 0.2) is 47.6 Å². The second kappa shape index (κ2) is 8.47. The monoisotopic (exact) mass is 391 g/mol. The molecule has 0 radical (unpaired) electrons. The SMILES string of the molecule is Cc1ccc(C2=NN(C(=O)CN3CCOCC3)C(c3ccccc3C)C2)cc1C. The molecule has 2 heterocycles. The van der Waals surface area contributed by atoms with Crippen LogP contribution in [-0.4, -0.2) is 54.4 Å². The third-order valence-electron chi connectivity index (χ3n) is 6.02. The number of carbonyl (C=O) groups excluding carboxylic acids is 1. The average molecular weight is 392 g/mol. The van der Waals surface area contributed by atoms with Crippen molar-refractivity contribution in [1.29, 1.82) is 0 Å². The van der Waals surface area contributed by atoms with E-state index >= 15 is 0 Å². The van der Waals surface area contributed by atoms with Crippen LogP contribution in [0.1, 0.15) is 40.3 Å². The fraction of sp³-hybridized carbons (Fsp3) is 0.417. The van der Waals surface area contributed by atoms with Crippen LogP contribution in [-0.2, 0) is 9.53 Å². The van der Waals surface area contributed by atoms with Gasteiger partial charge in [-0.3, -0.25) is 9.69 Å². The van der Waals surface area contributed by atoms with Crippen molar-refractivity contribution >= 4 is 11.6 Å². The zero-order valence-electron chi connectivity index (χ0n) is 17.5. The standard InChI is InChI=1S/C24H29N3O2/c1-17-8-9-20(14-19(17)3)22-15-23(21-7-5-4-6-18(21)2)27(25-22)24(28)16-26-10-12-29-13-11-26/h4-9,14,23H,10-13,15-16H2,1-3H3. The summed E-state index contributed by atoms with van der Waals surface area (Å²) in [7, 11) is 0. The first kappa shape index (κ1) is 19.8. The van der Waals surface area contributed by atoms with Crippen molar-refractivity contribution in [1.82, 2.24) is 9.91 Å².